The first-order chi connectivity index (χ1) is 21.5. The largest absolute Gasteiger partial charge is 0.484 e. The summed E-state index contributed by atoms with van der Waals surface area (Å²) in [7, 11) is 2.05. The van der Waals surface area contributed by atoms with Gasteiger partial charge in [0.25, 0.3) is 11.8 Å². The van der Waals surface area contributed by atoms with Gasteiger partial charge < -0.3 is 39.5 Å². The van der Waals surface area contributed by atoms with Crippen LogP contribution in [0.5, 0.6) is 5.75 Å². The minimum absolute atomic E-state index is 0.00795. The topological polar surface area (TPSA) is 95.6 Å². The number of morpholine rings is 1. The maximum Gasteiger partial charge on any atom is 0.258 e. The summed E-state index contributed by atoms with van der Waals surface area (Å²) in [5, 5.41) is 6.58. The number of amides is 2. The first-order valence-electron chi connectivity index (χ1n) is 15.5. The van der Waals surface area contributed by atoms with Gasteiger partial charge in [0, 0.05) is 56.8 Å². The van der Waals surface area contributed by atoms with Crippen molar-refractivity contribution in [3.63, 3.8) is 0 Å². The van der Waals surface area contributed by atoms with Crippen LogP contribution in [0.1, 0.15) is 40.5 Å². The Morgan fingerprint density at radius 1 is 0.955 bits per heavy atom. The SMILES string of the molecule is CN1c2cc(N3Cc4cc(N5CCOCC5)ccc4C3=O)ccc2NC1c1ccc(OCC(=O)NCC2CCOCC2)cc1. The molecule has 7 rings (SSSR count). The van der Waals surface area contributed by atoms with Gasteiger partial charge in [0.1, 0.15) is 11.9 Å². The second-order valence-corrected chi connectivity index (χ2v) is 11.9. The molecule has 230 valence electrons. The molecular formula is C34H39N5O5. The van der Waals surface area contributed by atoms with Gasteiger partial charge in [0.15, 0.2) is 6.61 Å². The van der Waals surface area contributed by atoms with Gasteiger partial charge in [-0.15, -0.1) is 0 Å². The monoisotopic (exact) mass is 597 g/mol. The van der Waals surface area contributed by atoms with E-state index in [1.54, 1.807) is 0 Å². The van der Waals surface area contributed by atoms with E-state index in [0.717, 1.165) is 91.8 Å². The summed E-state index contributed by atoms with van der Waals surface area (Å²) >= 11 is 0. The molecule has 2 N–H and O–H groups in total. The lowest BCUT2D eigenvalue weighted by atomic mass is 10.0. The maximum absolute atomic E-state index is 13.4. The van der Waals surface area contributed by atoms with Crippen LogP contribution in [-0.4, -0.2) is 71.5 Å². The van der Waals surface area contributed by atoms with E-state index in [4.69, 9.17) is 14.2 Å². The molecule has 0 aromatic heterocycles. The summed E-state index contributed by atoms with van der Waals surface area (Å²) in [6.07, 6.45) is 1.90. The van der Waals surface area contributed by atoms with E-state index in [2.05, 4.69) is 45.7 Å². The molecule has 0 bridgehead atoms. The Balaban J connectivity index is 0.968. The average molecular weight is 598 g/mol. The minimum atomic E-state index is -0.110. The van der Waals surface area contributed by atoms with Crippen LogP contribution in [0.2, 0.25) is 0 Å². The van der Waals surface area contributed by atoms with Crippen molar-refractivity contribution >= 4 is 34.6 Å². The quantitative estimate of drug-likeness (QED) is 0.400. The highest BCUT2D eigenvalue weighted by atomic mass is 16.5. The van der Waals surface area contributed by atoms with Crippen LogP contribution in [0.15, 0.2) is 60.7 Å². The van der Waals surface area contributed by atoms with Crippen LogP contribution in [-0.2, 0) is 20.8 Å². The van der Waals surface area contributed by atoms with Gasteiger partial charge in [-0.25, -0.2) is 0 Å². The highest BCUT2D eigenvalue weighted by Crippen LogP contribution is 2.43. The van der Waals surface area contributed by atoms with E-state index < -0.39 is 0 Å². The molecule has 2 amide bonds. The molecule has 4 heterocycles. The van der Waals surface area contributed by atoms with Crippen molar-refractivity contribution in [1.29, 1.82) is 0 Å². The zero-order valence-corrected chi connectivity index (χ0v) is 25.1. The predicted octanol–water partition coefficient (Wildman–Crippen LogP) is 4.17. The molecule has 1 unspecified atom stereocenters. The van der Waals surface area contributed by atoms with Crippen LogP contribution < -0.4 is 30.1 Å². The van der Waals surface area contributed by atoms with Crippen molar-refractivity contribution in [2.24, 2.45) is 5.92 Å². The minimum Gasteiger partial charge on any atom is -0.484 e. The smallest absolute Gasteiger partial charge is 0.258 e. The molecule has 10 heteroatoms. The molecule has 2 fully saturated rings. The lowest BCUT2D eigenvalue weighted by molar-refractivity contribution is -0.123. The zero-order valence-electron chi connectivity index (χ0n) is 25.1. The van der Waals surface area contributed by atoms with Crippen molar-refractivity contribution in [3.05, 3.63) is 77.4 Å². The molecular weight excluding hydrogens is 558 g/mol. The highest BCUT2D eigenvalue weighted by Gasteiger charge is 2.32. The van der Waals surface area contributed by atoms with E-state index in [0.29, 0.717) is 24.8 Å². The fraction of sp³-hybridized carbons (Fsp3) is 0.412. The highest BCUT2D eigenvalue weighted by molar-refractivity contribution is 6.10. The number of nitrogens with one attached hydrogen (secondary N) is 2. The second kappa shape index (κ2) is 12.4. The number of hydrogen-bond acceptors (Lipinski definition) is 8. The molecule has 3 aromatic carbocycles. The van der Waals surface area contributed by atoms with Crippen LogP contribution in [0.3, 0.4) is 0 Å². The van der Waals surface area contributed by atoms with Crippen LogP contribution in [0, 0.1) is 5.92 Å². The van der Waals surface area contributed by atoms with Crippen molar-refractivity contribution in [1.82, 2.24) is 5.32 Å². The maximum atomic E-state index is 13.4. The molecule has 1 atom stereocenters. The molecule has 3 aromatic rings. The summed E-state index contributed by atoms with van der Waals surface area (Å²) < 4.78 is 16.6. The summed E-state index contributed by atoms with van der Waals surface area (Å²) in [6, 6.07) is 20.2. The standard InChI is InChI=1S/C34H39N5O5/c1-37-31-19-27(39-21-25-18-26(4-8-29(25)34(39)41)38-12-16-43-17-13-38)5-9-30(31)36-33(37)24-2-6-28(7-3-24)44-22-32(40)35-20-23-10-14-42-15-11-23/h2-9,18-19,23,33,36H,10-17,20-22H2,1H3,(H,35,40). The van der Waals surface area contributed by atoms with Gasteiger partial charge in [-0.05, 0) is 78.4 Å². The molecule has 0 saturated carbocycles. The van der Waals surface area contributed by atoms with Gasteiger partial charge in [-0.2, -0.15) is 0 Å². The molecule has 0 radical (unpaired) electrons. The van der Waals surface area contributed by atoms with Crippen molar-refractivity contribution in [2.45, 2.75) is 25.6 Å². The Hall–Kier alpha value is -4.28. The number of carbonyl (C=O) groups excluding carboxylic acids is 2. The summed E-state index contributed by atoms with van der Waals surface area (Å²) in [5.74, 6) is 1.05. The Kier molecular flexibility index (Phi) is 8.01. The van der Waals surface area contributed by atoms with Crippen molar-refractivity contribution < 1.29 is 23.8 Å². The number of carbonyl (C=O) groups is 2. The Labute approximate surface area is 257 Å². The molecule has 0 aliphatic carbocycles. The van der Waals surface area contributed by atoms with Gasteiger partial charge in [-0.3, -0.25) is 9.59 Å². The van der Waals surface area contributed by atoms with Gasteiger partial charge in [0.05, 0.1) is 31.1 Å². The Bertz CT molecular complexity index is 1520. The molecule has 10 nitrogen and oxygen atoms in total. The second-order valence-electron chi connectivity index (χ2n) is 11.9. The summed E-state index contributed by atoms with van der Waals surface area (Å²) in [6.45, 7) is 5.95. The summed E-state index contributed by atoms with van der Waals surface area (Å²) in [5.41, 5.74) is 6.97. The molecule has 44 heavy (non-hydrogen) atoms. The van der Waals surface area contributed by atoms with Crippen LogP contribution in [0.25, 0.3) is 0 Å². The molecule has 0 spiro atoms. The summed E-state index contributed by atoms with van der Waals surface area (Å²) in [4.78, 5) is 32.1. The number of ether oxygens (including phenoxy) is 3. The van der Waals surface area contributed by atoms with E-state index in [9.17, 15) is 9.59 Å². The Morgan fingerprint density at radius 2 is 1.70 bits per heavy atom. The number of anilines is 4. The predicted molar refractivity (Wildman–Crippen MR) is 170 cm³/mol. The Morgan fingerprint density at radius 3 is 2.50 bits per heavy atom. The number of hydrogen-bond donors (Lipinski definition) is 2. The third-order valence-electron chi connectivity index (χ3n) is 9.12. The molecule has 4 aliphatic rings. The number of rotatable bonds is 8. The zero-order chi connectivity index (χ0) is 30.0. The molecule has 2 saturated heterocycles. The van der Waals surface area contributed by atoms with E-state index in [1.165, 1.54) is 0 Å². The fourth-order valence-corrected chi connectivity index (χ4v) is 6.48. The third kappa shape index (κ3) is 5.79. The third-order valence-corrected chi connectivity index (χ3v) is 9.12. The van der Waals surface area contributed by atoms with Gasteiger partial charge in [0.2, 0.25) is 0 Å². The van der Waals surface area contributed by atoms with E-state index in [-0.39, 0.29) is 24.6 Å². The average Bonchev–Trinajstić information content (AvgIpc) is 3.59. The van der Waals surface area contributed by atoms with E-state index >= 15 is 0 Å². The van der Waals surface area contributed by atoms with Crippen molar-refractivity contribution in [2.75, 3.05) is 79.7 Å². The first kappa shape index (κ1) is 28.5. The van der Waals surface area contributed by atoms with Crippen LogP contribution in [0.4, 0.5) is 22.7 Å². The number of benzene rings is 3. The normalized spacial score (nSPS) is 19.9. The molecule has 4 aliphatic heterocycles. The fourth-order valence-electron chi connectivity index (χ4n) is 6.48. The van der Waals surface area contributed by atoms with E-state index in [1.807, 2.05) is 47.4 Å². The van der Waals surface area contributed by atoms with Gasteiger partial charge >= 0.3 is 0 Å². The number of nitrogens with zero attached hydrogens (tertiary/aromatic N) is 3. The lowest BCUT2D eigenvalue weighted by Gasteiger charge is -2.29. The van der Waals surface area contributed by atoms with Crippen LogP contribution >= 0.6 is 0 Å². The first-order valence-corrected chi connectivity index (χ1v) is 15.5. The van der Waals surface area contributed by atoms with Crippen molar-refractivity contribution in [3.8, 4) is 5.75 Å². The number of fused-ring (bicyclic) bond motifs is 2. The van der Waals surface area contributed by atoms with Gasteiger partial charge in [-0.1, -0.05) is 12.1 Å². The lowest BCUT2D eigenvalue weighted by Crippen LogP contribution is -2.36.